The van der Waals surface area contributed by atoms with Crippen LogP contribution < -0.4 is 5.73 Å². The summed E-state index contributed by atoms with van der Waals surface area (Å²) in [5, 5.41) is 9.56. The highest BCUT2D eigenvalue weighted by Gasteiger charge is 2.37. The minimum Gasteiger partial charge on any atom is -0.508 e. The second kappa shape index (κ2) is 5.58. The highest BCUT2D eigenvalue weighted by Crippen LogP contribution is 2.44. The molecule has 4 nitrogen and oxygen atoms in total. The van der Waals surface area contributed by atoms with E-state index in [1.807, 2.05) is 4.90 Å². The van der Waals surface area contributed by atoms with Crippen LogP contribution in [0.15, 0.2) is 18.2 Å². The number of aromatic hydroxyl groups is 1. The van der Waals surface area contributed by atoms with Crippen LogP contribution in [0.1, 0.15) is 55.3 Å². The average molecular weight is 288 g/mol. The third kappa shape index (κ3) is 2.85. The zero-order chi connectivity index (χ0) is 14.9. The van der Waals surface area contributed by atoms with E-state index in [2.05, 4.69) is 0 Å². The van der Waals surface area contributed by atoms with Crippen LogP contribution >= 0.6 is 0 Å². The maximum Gasteiger partial charge on any atom is 0.256 e. The molecule has 1 aliphatic heterocycles. The predicted octanol–water partition coefficient (Wildman–Crippen LogP) is 3.16. The number of piperidine rings is 1. The molecule has 1 aromatic rings. The number of hydrogen-bond donors (Lipinski definition) is 2. The first-order valence-corrected chi connectivity index (χ1v) is 7.97. The largest absolute Gasteiger partial charge is 0.508 e. The molecule has 1 aromatic carbocycles. The van der Waals surface area contributed by atoms with E-state index in [0.29, 0.717) is 16.7 Å². The predicted molar refractivity (Wildman–Crippen MR) is 83.2 cm³/mol. The van der Waals surface area contributed by atoms with Crippen LogP contribution in [-0.2, 0) is 0 Å². The molecule has 2 fully saturated rings. The monoisotopic (exact) mass is 288 g/mol. The van der Waals surface area contributed by atoms with Gasteiger partial charge in [0.05, 0.1) is 5.56 Å². The van der Waals surface area contributed by atoms with Gasteiger partial charge in [0.25, 0.3) is 5.91 Å². The number of likely N-dealkylation sites (tertiary alicyclic amines) is 1. The Balaban J connectivity index is 1.69. The van der Waals surface area contributed by atoms with Gasteiger partial charge in [-0.2, -0.15) is 0 Å². The lowest BCUT2D eigenvalue weighted by molar-refractivity contribution is 0.0472. The third-order valence-electron chi connectivity index (χ3n) is 5.29. The number of phenols is 1. The van der Waals surface area contributed by atoms with Crippen LogP contribution in [0.2, 0.25) is 0 Å². The van der Waals surface area contributed by atoms with Gasteiger partial charge < -0.3 is 15.7 Å². The molecule has 0 bridgehead atoms. The number of anilines is 1. The molecule has 4 heteroatoms. The number of rotatable bonds is 1. The topological polar surface area (TPSA) is 66.6 Å². The second-order valence-corrected chi connectivity index (χ2v) is 6.62. The standard InChI is InChI=1S/C17H24N2O2/c18-15-5-4-13(20)12-14(15)16(21)19-10-8-17(9-11-19)6-2-1-3-7-17/h4-5,12,20H,1-3,6-11,18H2. The van der Waals surface area contributed by atoms with E-state index >= 15 is 0 Å². The molecule has 0 atom stereocenters. The number of nitrogens with zero attached hydrogens (tertiary/aromatic N) is 1. The van der Waals surface area contributed by atoms with Crippen LogP contribution in [0.25, 0.3) is 0 Å². The summed E-state index contributed by atoms with van der Waals surface area (Å²) < 4.78 is 0. The van der Waals surface area contributed by atoms with E-state index in [1.54, 1.807) is 6.07 Å². The zero-order valence-corrected chi connectivity index (χ0v) is 12.5. The Hall–Kier alpha value is -1.71. The molecule has 21 heavy (non-hydrogen) atoms. The molecule has 114 valence electrons. The van der Waals surface area contributed by atoms with Gasteiger partial charge in [-0.15, -0.1) is 0 Å². The van der Waals surface area contributed by atoms with Crippen molar-refractivity contribution in [2.24, 2.45) is 5.41 Å². The number of hydrogen-bond acceptors (Lipinski definition) is 3. The van der Waals surface area contributed by atoms with Crippen molar-refractivity contribution in [1.82, 2.24) is 4.90 Å². The zero-order valence-electron chi connectivity index (χ0n) is 12.5. The molecule has 1 heterocycles. The molecular formula is C17H24N2O2. The fourth-order valence-electron chi connectivity index (χ4n) is 3.89. The van der Waals surface area contributed by atoms with Gasteiger partial charge in [0.1, 0.15) is 5.75 Å². The molecular weight excluding hydrogens is 264 g/mol. The van der Waals surface area contributed by atoms with E-state index in [0.717, 1.165) is 25.9 Å². The number of amides is 1. The number of carbonyl (C=O) groups is 1. The van der Waals surface area contributed by atoms with Crippen molar-refractivity contribution in [3.63, 3.8) is 0 Å². The van der Waals surface area contributed by atoms with E-state index in [9.17, 15) is 9.90 Å². The molecule has 1 aliphatic carbocycles. The van der Waals surface area contributed by atoms with E-state index < -0.39 is 0 Å². The Labute approximate surface area is 125 Å². The van der Waals surface area contributed by atoms with Crippen LogP contribution in [-0.4, -0.2) is 29.0 Å². The normalized spacial score (nSPS) is 21.4. The molecule has 1 saturated heterocycles. The van der Waals surface area contributed by atoms with E-state index in [1.165, 1.54) is 44.2 Å². The number of benzene rings is 1. The summed E-state index contributed by atoms with van der Waals surface area (Å²) in [5.41, 5.74) is 7.23. The van der Waals surface area contributed by atoms with Gasteiger partial charge in [-0.25, -0.2) is 0 Å². The maximum atomic E-state index is 12.6. The molecule has 3 N–H and O–H groups in total. The van der Waals surface area contributed by atoms with Crippen LogP contribution in [0.4, 0.5) is 5.69 Å². The second-order valence-electron chi connectivity index (χ2n) is 6.62. The first kappa shape index (κ1) is 14.2. The van der Waals surface area contributed by atoms with Gasteiger partial charge in [0, 0.05) is 18.8 Å². The van der Waals surface area contributed by atoms with Crippen molar-refractivity contribution in [3.8, 4) is 5.75 Å². The average Bonchev–Trinajstić information content (AvgIpc) is 2.51. The third-order valence-corrected chi connectivity index (χ3v) is 5.29. The lowest BCUT2D eigenvalue weighted by Crippen LogP contribution is -2.44. The van der Waals surface area contributed by atoms with Crippen molar-refractivity contribution < 1.29 is 9.90 Å². The Bertz CT molecular complexity index is 526. The summed E-state index contributed by atoms with van der Waals surface area (Å²) in [7, 11) is 0. The Morgan fingerprint density at radius 3 is 2.43 bits per heavy atom. The Morgan fingerprint density at radius 2 is 1.76 bits per heavy atom. The first-order chi connectivity index (χ1) is 10.1. The van der Waals surface area contributed by atoms with Gasteiger partial charge in [-0.05, 0) is 49.3 Å². The van der Waals surface area contributed by atoms with Crippen molar-refractivity contribution in [1.29, 1.82) is 0 Å². The molecule has 1 amide bonds. The van der Waals surface area contributed by atoms with Crippen LogP contribution in [0.3, 0.4) is 0 Å². The molecule has 0 radical (unpaired) electrons. The van der Waals surface area contributed by atoms with Crippen molar-refractivity contribution in [2.45, 2.75) is 44.9 Å². The molecule has 3 rings (SSSR count). The SMILES string of the molecule is Nc1ccc(O)cc1C(=O)N1CCC2(CCCCC2)CC1. The fourth-order valence-corrected chi connectivity index (χ4v) is 3.89. The Kier molecular flexibility index (Phi) is 3.79. The highest BCUT2D eigenvalue weighted by atomic mass is 16.3. The number of phenolic OH excluding ortho intramolecular Hbond substituents is 1. The first-order valence-electron chi connectivity index (χ1n) is 7.97. The fraction of sp³-hybridized carbons (Fsp3) is 0.588. The quantitative estimate of drug-likeness (QED) is 0.616. The summed E-state index contributed by atoms with van der Waals surface area (Å²) in [6, 6.07) is 4.58. The molecule has 0 aromatic heterocycles. The minimum absolute atomic E-state index is 0.0472. The minimum atomic E-state index is -0.0472. The lowest BCUT2D eigenvalue weighted by Gasteiger charge is -2.44. The highest BCUT2D eigenvalue weighted by molar-refractivity contribution is 5.99. The van der Waals surface area contributed by atoms with Crippen LogP contribution in [0.5, 0.6) is 5.75 Å². The molecule has 1 saturated carbocycles. The number of nitrogen functional groups attached to an aromatic ring is 1. The summed E-state index contributed by atoms with van der Waals surface area (Å²) in [5.74, 6) is 0.0439. The van der Waals surface area contributed by atoms with Crippen molar-refractivity contribution in [3.05, 3.63) is 23.8 Å². The Morgan fingerprint density at radius 1 is 1.10 bits per heavy atom. The van der Waals surface area contributed by atoms with Gasteiger partial charge in [0.15, 0.2) is 0 Å². The summed E-state index contributed by atoms with van der Waals surface area (Å²) in [4.78, 5) is 14.5. The lowest BCUT2D eigenvalue weighted by atomic mass is 9.68. The van der Waals surface area contributed by atoms with Crippen molar-refractivity contribution in [2.75, 3.05) is 18.8 Å². The van der Waals surface area contributed by atoms with Gasteiger partial charge in [-0.3, -0.25) is 4.79 Å². The van der Waals surface area contributed by atoms with Gasteiger partial charge in [0.2, 0.25) is 0 Å². The molecule has 1 spiro atoms. The van der Waals surface area contributed by atoms with Crippen molar-refractivity contribution >= 4 is 11.6 Å². The van der Waals surface area contributed by atoms with Gasteiger partial charge >= 0.3 is 0 Å². The number of carbonyl (C=O) groups excluding carboxylic acids is 1. The smallest absolute Gasteiger partial charge is 0.256 e. The maximum absolute atomic E-state index is 12.6. The van der Waals surface area contributed by atoms with Gasteiger partial charge in [-0.1, -0.05) is 19.3 Å². The van der Waals surface area contributed by atoms with E-state index in [-0.39, 0.29) is 11.7 Å². The summed E-state index contributed by atoms with van der Waals surface area (Å²) in [6.07, 6.45) is 8.91. The van der Waals surface area contributed by atoms with E-state index in [4.69, 9.17) is 5.73 Å². The summed E-state index contributed by atoms with van der Waals surface area (Å²) in [6.45, 7) is 1.63. The molecule has 0 unspecified atom stereocenters. The number of nitrogens with two attached hydrogens (primary N) is 1. The summed E-state index contributed by atoms with van der Waals surface area (Å²) >= 11 is 0. The molecule has 2 aliphatic rings. The van der Waals surface area contributed by atoms with Crippen LogP contribution in [0, 0.1) is 5.41 Å².